The molecular weight excluding hydrogens is 390 g/mol. The first-order valence-corrected chi connectivity index (χ1v) is 12.4. The van der Waals surface area contributed by atoms with E-state index in [1.165, 1.54) is 49.9 Å². The first kappa shape index (κ1) is 21.3. The molecule has 1 heterocycles. The standard InChI is InChI=1S/C21H31N3O2S2/c1-15(13-18-9-5-4-6-10-18)22-14-19-11-7-8-12-20(19)24-28(25,26)21-16(2)23-17(3)27-21/h7-8,11-12,15,18,22,24H,4-6,9-10,13-14H2,1-3H3/t15-/m0/s1. The highest BCUT2D eigenvalue weighted by Gasteiger charge is 2.22. The third-order valence-electron chi connectivity index (χ3n) is 5.42. The van der Waals surface area contributed by atoms with Crippen LogP contribution in [0, 0.1) is 19.8 Å². The minimum absolute atomic E-state index is 0.290. The monoisotopic (exact) mass is 421 g/mol. The van der Waals surface area contributed by atoms with Crippen LogP contribution in [0.5, 0.6) is 0 Å². The Bertz CT molecular complexity index is 887. The molecule has 1 fully saturated rings. The van der Waals surface area contributed by atoms with Crippen LogP contribution < -0.4 is 10.0 Å². The number of nitrogens with one attached hydrogen (secondary N) is 2. The Hall–Kier alpha value is -1.44. The summed E-state index contributed by atoms with van der Waals surface area (Å²) in [5.74, 6) is 0.822. The van der Waals surface area contributed by atoms with Crippen molar-refractivity contribution in [3.05, 3.63) is 40.5 Å². The summed E-state index contributed by atoms with van der Waals surface area (Å²) in [6.07, 6.45) is 7.97. The van der Waals surface area contributed by atoms with Gasteiger partial charge in [-0.1, -0.05) is 50.3 Å². The van der Waals surface area contributed by atoms with Gasteiger partial charge < -0.3 is 5.32 Å². The number of anilines is 1. The van der Waals surface area contributed by atoms with E-state index in [1.54, 1.807) is 6.92 Å². The zero-order valence-corrected chi connectivity index (χ0v) is 18.6. The maximum Gasteiger partial charge on any atom is 0.273 e. The maximum absolute atomic E-state index is 12.8. The smallest absolute Gasteiger partial charge is 0.273 e. The van der Waals surface area contributed by atoms with Crippen LogP contribution >= 0.6 is 11.3 Å². The van der Waals surface area contributed by atoms with Crippen molar-refractivity contribution in [1.29, 1.82) is 0 Å². The molecule has 1 saturated carbocycles. The molecule has 0 spiro atoms. The van der Waals surface area contributed by atoms with Crippen LogP contribution in [0.1, 0.15) is 61.7 Å². The minimum atomic E-state index is -3.63. The summed E-state index contributed by atoms with van der Waals surface area (Å²) < 4.78 is 28.7. The van der Waals surface area contributed by atoms with E-state index in [0.29, 0.717) is 28.2 Å². The Kier molecular flexibility index (Phi) is 7.12. The molecule has 1 aliphatic carbocycles. The zero-order valence-electron chi connectivity index (χ0n) is 17.0. The van der Waals surface area contributed by atoms with E-state index in [-0.39, 0.29) is 0 Å². The van der Waals surface area contributed by atoms with Crippen molar-refractivity contribution in [2.24, 2.45) is 5.92 Å². The molecular formula is C21H31N3O2S2. The normalized spacial score (nSPS) is 16.8. The van der Waals surface area contributed by atoms with Crippen molar-refractivity contribution in [3.8, 4) is 0 Å². The molecule has 7 heteroatoms. The largest absolute Gasteiger partial charge is 0.310 e. The van der Waals surface area contributed by atoms with Gasteiger partial charge in [0.15, 0.2) is 4.21 Å². The topological polar surface area (TPSA) is 71.1 Å². The van der Waals surface area contributed by atoms with Crippen LogP contribution in [0.25, 0.3) is 0 Å². The molecule has 2 aromatic rings. The van der Waals surface area contributed by atoms with Gasteiger partial charge in [0.1, 0.15) is 0 Å². The third-order valence-corrected chi connectivity index (χ3v) is 8.47. The van der Waals surface area contributed by atoms with Crippen LogP contribution in [0.4, 0.5) is 5.69 Å². The number of thiazole rings is 1. The first-order valence-electron chi connectivity index (χ1n) is 10.1. The summed E-state index contributed by atoms with van der Waals surface area (Å²) in [6, 6.07) is 8.02. The zero-order chi connectivity index (χ0) is 20.1. The van der Waals surface area contributed by atoms with Gasteiger partial charge in [-0.2, -0.15) is 0 Å². The van der Waals surface area contributed by atoms with Crippen LogP contribution in [-0.4, -0.2) is 19.4 Å². The second-order valence-electron chi connectivity index (χ2n) is 7.89. The van der Waals surface area contributed by atoms with Gasteiger partial charge in [0.2, 0.25) is 0 Å². The number of nitrogens with zero attached hydrogens (tertiary/aromatic N) is 1. The number of aryl methyl sites for hydroxylation is 2. The third kappa shape index (κ3) is 5.55. The second-order valence-corrected chi connectivity index (χ2v) is 11.0. The van der Waals surface area contributed by atoms with Gasteiger partial charge >= 0.3 is 0 Å². The van der Waals surface area contributed by atoms with Crippen molar-refractivity contribution >= 4 is 27.0 Å². The predicted octanol–water partition coefficient (Wildman–Crippen LogP) is 5.01. The number of benzene rings is 1. The van der Waals surface area contributed by atoms with Crippen molar-refractivity contribution in [2.75, 3.05) is 4.72 Å². The van der Waals surface area contributed by atoms with Crippen molar-refractivity contribution in [1.82, 2.24) is 10.3 Å². The molecule has 0 unspecified atom stereocenters. The highest BCUT2D eigenvalue weighted by molar-refractivity contribution is 7.94. The number of para-hydroxylation sites is 1. The van der Waals surface area contributed by atoms with Gasteiger partial charge in [-0.3, -0.25) is 4.72 Å². The molecule has 0 amide bonds. The van der Waals surface area contributed by atoms with Crippen LogP contribution in [-0.2, 0) is 16.6 Å². The van der Waals surface area contributed by atoms with Crippen molar-refractivity contribution in [2.45, 2.75) is 76.1 Å². The number of hydrogen-bond donors (Lipinski definition) is 2. The van der Waals surface area contributed by atoms with Gasteiger partial charge in [-0.05, 0) is 44.7 Å². The quantitative estimate of drug-likeness (QED) is 0.628. The van der Waals surface area contributed by atoms with Gasteiger partial charge in [-0.15, -0.1) is 11.3 Å². The summed E-state index contributed by atoms with van der Waals surface area (Å²) in [5.41, 5.74) is 2.14. The van der Waals surface area contributed by atoms with Gasteiger partial charge in [-0.25, -0.2) is 13.4 Å². The lowest BCUT2D eigenvalue weighted by Crippen LogP contribution is -2.29. The van der Waals surface area contributed by atoms with Crippen LogP contribution in [0.2, 0.25) is 0 Å². The van der Waals surface area contributed by atoms with E-state index in [2.05, 4.69) is 21.9 Å². The summed E-state index contributed by atoms with van der Waals surface area (Å²) in [4.78, 5) is 4.24. The summed E-state index contributed by atoms with van der Waals surface area (Å²) >= 11 is 1.21. The van der Waals surface area contributed by atoms with E-state index >= 15 is 0 Å². The molecule has 5 nitrogen and oxygen atoms in total. The van der Waals surface area contributed by atoms with E-state index in [1.807, 2.05) is 31.2 Å². The summed E-state index contributed by atoms with van der Waals surface area (Å²) in [5, 5.41) is 4.34. The fourth-order valence-electron chi connectivity index (χ4n) is 4.02. The molecule has 1 aromatic carbocycles. The Labute approximate surface area is 173 Å². The molecule has 1 aliphatic rings. The van der Waals surface area contributed by atoms with Crippen molar-refractivity contribution in [3.63, 3.8) is 0 Å². The second kappa shape index (κ2) is 9.37. The predicted molar refractivity (Wildman–Crippen MR) is 116 cm³/mol. The van der Waals surface area contributed by atoms with Gasteiger partial charge in [0.05, 0.1) is 16.4 Å². The Morgan fingerprint density at radius 1 is 1.18 bits per heavy atom. The molecule has 2 N–H and O–H groups in total. The molecule has 1 aromatic heterocycles. The Morgan fingerprint density at radius 2 is 1.89 bits per heavy atom. The average Bonchev–Trinajstić information content (AvgIpc) is 3.01. The molecule has 0 bridgehead atoms. The van der Waals surface area contributed by atoms with Gasteiger partial charge in [0, 0.05) is 12.6 Å². The first-order chi connectivity index (χ1) is 13.3. The molecule has 28 heavy (non-hydrogen) atoms. The minimum Gasteiger partial charge on any atom is -0.310 e. The Morgan fingerprint density at radius 3 is 2.57 bits per heavy atom. The van der Waals surface area contributed by atoms with E-state index < -0.39 is 10.0 Å². The lowest BCUT2D eigenvalue weighted by molar-refractivity contribution is 0.305. The van der Waals surface area contributed by atoms with Crippen molar-refractivity contribution < 1.29 is 8.42 Å². The number of rotatable bonds is 8. The van der Waals surface area contributed by atoms with Crippen LogP contribution in [0.3, 0.4) is 0 Å². The summed E-state index contributed by atoms with van der Waals surface area (Å²) in [6.45, 7) is 6.43. The van der Waals surface area contributed by atoms with E-state index in [0.717, 1.165) is 16.5 Å². The highest BCUT2D eigenvalue weighted by Crippen LogP contribution is 2.28. The fraction of sp³-hybridized carbons (Fsp3) is 0.571. The van der Waals surface area contributed by atoms with E-state index in [4.69, 9.17) is 0 Å². The molecule has 3 rings (SSSR count). The molecule has 0 saturated heterocycles. The number of hydrogen-bond acceptors (Lipinski definition) is 5. The summed E-state index contributed by atoms with van der Waals surface area (Å²) in [7, 11) is -3.63. The number of aromatic nitrogens is 1. The molecule has 0 radical (unpaired) electrons. The average molecular weight is 422 g/mol. The lowest BCUT2D eigenvalue weighted by atomic mass is 9.85. The maximum atomic E-state index is 12.8. The van der Waals surface area contributed by atoms with E-state index in [9.17, 15) is 8.42 Å². The number of sulfonamides is 1. The highest BCUT2D eigenvalue weighted by atomic mass is 32.2. The SMILES string of the molecule is Cc1nc(C)c(S(=O)(=O)Nc2ccccc2CN[C@@H](C)CC2CCCCC2)s1. The molecule has 1 atom stereocenters. The fourth-order valence-corrected chi connectivity index (χ4v) is 6.60. The molecule has 154 valence electrons. The molecule has 0 aliphatic heterocycles. The lowest BCUT2D eigenvalue weighted by Gasteiger charge is -2.25. The van der Waals surface area contributed by atoms with Gasteiger partial charge in [0.25, 0.3) is 10.0 Å². The Balaban J connectivity index is 1.65. The van der Waals surface area contributed by atoms with Crippen LogP contribution in [0.15, 0.2) is 28.5 Å².